The average Bonchev–Trinajstić information content (AvgIpc) is 3.41. The van der Waals surface area contributed by atoms with Crippen molar-refractivity contribution in [2.24, 2.45) is 0 Å². The third-order valence-electron chi connectivity index (χ3n) is 15.7. The molecule has 0 spiro atoms. The second kappa shape index (κ2) is 64.6. The Bertz CT molecular complexity index is 1210. The van der Waals surface area contributed by atoms with Gasteiger partial charge in [0.1, 0.15) is 0 Å². The van der Waals surface area contributed by atoms with Crippen LogP contribution < -0.4 is 5.32 Å². The van der Waals surface area contributed by atoms with Crippen molar-refractivity contribution in [1.82, 2.24) is 5.32 Å². The summed E-state index contributed by atoms with van der Waals surface area (Å²) < 4.78 is 5.48. The van der Waals surface area contributed by atoms with E-state index in [1.54, 1.807) is 0 Å². The molecule has 2 unspecified atom stereocenters. The summed E-state index contributed by atoms with van der Waals surface area (Å²) in [6.07, 6.45) is 81.7. The molecule has 0 heterocycles. The Morgan fingerprint density at radius 3 is 1.05 bits per heavy atom. The Kier molecular flexibility index (Phi) is 63.0. The van der Waals surface area contributed by atoms with Crippen LogP contribution in [0, 0.1) is 0 Å². The van der Waals surface area contributed by atoms with Crippen LogP contribution in [0.25, 0.3) is 0 Å². The van der Waals surface area contributed by atoms with Crippen molar-refractivity contribution in [3.05, 3.63) is 36.5 Å². The molecule has 0 fully saturated rings. The second-order valence-electron chi connectivity index (χ2n) is 23.1. The number of esters is 1. The number of carbonyl (C=O) groups is 2. The van der Waals surface area contributed by atoms with E-state index in [1.807, 2.05) is 0 Å². The van der Waals surface area contributed by atoms with Crippen molar-refractivity contribution < 1.29 is 24.5 Å². The molecule has 1 amide bonds. The lowest BCUT2D eigenvalue weighted by molar-refractivity contribution is -0.143. The number of amides is 1. The van der Waals surface area contributed by atoms with E-state index in [2.05, 4.69) is 55.6 Å². The van der Waals surface area contributed by atoms with Crippen LogP contribution in [0.3, 0.4) is 0 Å². The molecule has 0 radical (unpaired) electrons. The van der Waals surface area contributed by atoms with Gasteiger partial charge in [-0.2, -0.15) is 0 Å². The molecule has 0 saturated heterocycles. The molecule has 6 nitrogen and oxygen atoms in total. The molecular formula is C69H131NO5. The quantitative estimate of drug-likeness (QED) is 0.0320. The first-order valence-corrected chi connectivity index (χ1v) is 33.7. The molecule has 0 bridgehead atoms. The van der Waals surface area contributed by atoms with E-state index < -0.39 is 12.1 Å². The fraction of sp³-hybridized carbons (Fsp3) is 0.884. The summed E-state index contributed by atoms with van der Waals surface area (Å²) in [5, 5.41) is 23.4. The molecule has 0 rings (SSSR count). The lowest BCUT2D eigenvalue weighted by atomic mass is 10.0. The van der Waals surface area contributed by atoms with E-state index >= 15 is 0 Å². The number of hydrogen-bond acceptors (Lipinski definition) is 5. The van der Waals surface area contributed by atoms with E-state index in [4.69, 9.17) is 4.74 Å². The number of ether oxygens (including phenoxy) is 1. The van der Waals surface area contributed by atoms with E-state index in [0.717, 1.165) is 51.4 Å². The largest absolute Gasteiger partial charge is 0.466 e. The second-order valence-corrected chi connectivity index (χ2v) is 23.1. The lowest BCUT2D eigenvalue weighted by Gasteiger charge is -2.22. The molecule has 75 heavy (non-hydrogen) atoms. The Morgan fingerprint density at radius 1 is 0.373 bits per heavy atom. The van der Waals surface area contributed by atoms with E-state index in [-0.39, 0.29) is 18.5 Å². The van der Waals surface area contributed by atoms with Gasteiger partial charge >= 0.3 is 5.97 Å². The Morgan fingerprint density at radius 2 is 0.667 bits per heavy atom. The first-order chi connectivity index (χ1) is 37.0. The predicted molar refractivity (Wildman–Crippen MR) is 329 cm³/mol. The van der Waals surface area contributed by atoms with Crippen molar-refractivity contribution >= 4 is 11.9 Å². The number of aliphatic hydroxyl groups excluding tert-OH is 2. The van der Waals surface area contributed by atoms with Crippen molar-refractivity contribution in [2.75, 3.05) is 13.2 Å². The summed E-state index contributed by atoms with van der Waals surface area (Å²) >= 11 is 0. The van der Waals surface area contributed by atoms with Crippen LogP contribution in [0.5, 0.6) is 0 Å². The number of nitrogens with one attached hydrogen (secondary N) is 1. The van der Waals surface area contributed by atoms with Crippen LogP contribution in [-0.2, 0) is 14.3 Å². The summed E-state index contributed by atoms with van der Waals surface area (Å²) in [4.78, 5) is 24.6. The minimum atomic E-state index is -0.667. The molecule has 0 aromatic carbocycles. The number of allylic oxidation sites excluding steroid dienone is 6. The molecule has 0 aliphatic carbocycles. The Balaban J connectivity index is 3.40. The molecule has 3 N–H and O–H groups in total. The van der Waals surface area contributed by atoms with Crippen LogP contribution >= 0.6 is 0 Å². The minimum Gasteiger partial charge on any atom is -0.466 e. The summed E-state index contributed by atoms with van der Waals surface area (Å²) in [5.41, 5.74) is 0. The highest BCUT2D eigenvalue weighted by molar-refractivity contribution is 5.76. The molecule has 0 aliphatic rings. The summed E-state index contributed by atoms with van der Waals surface area (Å²) in [6.45, 7) is 4.94. The maximum absolute atomic E-state index is 12.5. The number of hydrogen-bond donors (Lipinski definition) is 3. The smallest absolute Gasteiger partial charge is 0.305 e. The van der Waals surface area contributed by atoms with E-state index in [9.17, 15) is 19.8 Å². The first-order valence-electron chi connectivity index (χ1n) is 33.7. The SMILES string of the molecule is CCCCC/C=C\C/C=C\CCCCCCCC(=O)OCCCCCCCCCCCCCC/C=C\CCCCCCCCCCCC(=O)NC(CO)C(O)CCCCCCCCCCCCCCCCCCCC. The predicted octanol–water partition coefficient (Wildman–Crippen LogP) is 21.5. The number of aliphatic hydroxyl groups is 2. The van der Waals surface area contributed by atoms with Crippen molar-refractivity contribution in [1.29, 1.82) is 0 Å². The van der Waals surface area contributed by atoms with Crippen LogP contribution in [0.4, 0.5) is 0 Å². The van der Waals surface area contributed by atoms with Gasteiger partial charge in [-0.3, -0.25) is 9.59 Å². The van der Waals surface area contributed by atoms with Crippen molar-refractivity contribution in [3.8, 4) is 0 Å². The molecule has 442 valence electrons. The first kappa shape index (κ1) is 73.1. The number of carbonyl (C=O) groups excluding carboxylic acids is 2. The average molecular weight is 1050 g/mol. The van der Waals surface area contributed by atoms with Gasteiger partial charge in [0.15, 0.2) is 0 Å². The Labute approximate surface area is 468 Å². The summed E-state index contributed by atoms with van der Waals surface area (Å²) in [7, 11) is 0. The number of unbranched alkanes of at least 4 members (excludes halogenated alkanes) is 46. The highest BCUT2D eigenvalue weighted by Crippen LogP contribution is 2.18. The van der Waals surface area contributed by atoms with E-state index in [0.29, 0.717) is 25.9 Å². The molecular weight excluding hydrogens is 923 g/mol. The van der Waals surface area contributed by atoms with Gasteiger partial charge in [-0.25, -0.2) is 0 Å². The van der Waals surface area contributed by atoms with E-state index in [1.165, 1.54) is 283 Å². The fourth-order valence-electron chi connectivity index (χ4n) is 10.5. The van der Waals surface area contributed by atoms with Crippen LogP contribution in [0.15, 0.2) is 36.5 Å². The van der Waals surface area contributed by atoms with Gasteiger partial charge in [0.2, 0.25) is 5.91 Å². The van der Waals surface area contributed by atoms with Gasteiger partial charge in [-0.15, -0.1) is 0 Å². The third kappa shape index (κ3) is 61.2. The highest BCUT2D eigenvalue weighted by atomic mass is 16.5. The maximum Gasteiger partial charge on any atom is 0.305 e. The van der Waals surface area contributed by atoms with Gasteiger partial charge < -0.3 is 20.3 Å². The lowest BCUT2D eigenvalue weighted by Crippen LogP contribution is -2.45. The molecule has 0 aromatic heterocycles. The molecule has 2 atom stereocenters. The standard InChI is InChI=1S/C69H131NO5/c1-3-5-7-9-11-13-15-17-19-20-30-34-37-41-45-49-53-57-61-67(72)66(65-71)70-68(73)62-58-54-50-46-42-38-35-31-28-26-24-22-21-23-25-27-29-32-36-40-44-48-52-56-60-64-75-69(74)63-59-55-51-47-43-39-33-18-16-14-12-10-8-6-4-2/h12,14,18,22,24,33,66-67,71-72H,3-11,13,15-17,19-21,23,25-32,34-65H2,1-2H3,(H,70,73)/b14-12-,24-22-,33-18-. The Hall–Kier alpha value is -1.92. The molecule has 0 aromatic rings. The normalized spacial score (nSPS) is 12.7. The van der Waals surface area contributed by atoms with Gasteiger partial charge in [0.05, 0.1) is 25.4 Å². The van der Waals surface area contributed by atoms with Crippen molar-refractivity contribution in [3.63, 3.8) is 0 Å². The zero-order valence-electron chi connectivity index (χ0n) is 50.5. The third-order valence-corrected chi connectivity index (χ3v) is 15.7. The minimum absolute atomic E-state index is 0.000213. The summed E-state index contributed by atoms with van der Waals surface area (Å²) in [6, 6.07) is -0.545. The fourth-order valence-corrected chi connectivity index (χ4v) is 10.5. The zero-order chi connectivity index (χ0) is 54.3. The van der Waals surface area contributed by atoms with Gasteiger partial charge in [0.25, 0.3) is 0 Å². The maximum atomic E-state index is 12.5. The van der Waals surface area contributed by atoms with Gasteiger partial charge in [-0.1, -0.05) is 307 Å². The van der Waals surface area contributed by atoms with Crippen LogP contribution in [0.1, 0.15) is 367 Å². The summed E-state index contributed by atoms with van der Waals surface area (Å²) in [5.74, 6) is -0.0355. The molecule has 6 heteroatoms. The van der Waals surface area contributed by atoms with Gasteiger partial charge in [-0.05, 0) is 83.5 Å². The monoisotopic (exact) mass is 1050 g/mol. The zero-order valence-corrected chi connectivity index (χ0v) is 50.5. The van der Waals surface area contributed by atoms with Gasteiger partial charge in [0, 0.05) is 12.8 Å². The highest BCUT2D eigenvalue weighted by Gasteiger charge is 2.20. The molecule has 0 aliphatic heterocycles. The molecule has 0 saturated carbocycles. The van der Waals surface area contributed by atoms with Crippen LogP contribution in [-0.4, -0.2) is 47.4 Å². The van der Waals surface area contributed by atoms with Crippen molar-refractivity contribution in [2.45, 2.75) is 379 Å². The number of rotatable bonds is 63. The van der Waals surface area contributed by atoms with Crippen LogP contribution in [0.2, 0.25) is 0 Å². The topological polar surface area (TPSA) is 95.9 Å².